The number of aliphatic imine (C=N–C) groups is 1. The van der Waals surface area contributed by atoms with Crippen LogP contribution < -0.4 is 10.2 Å². The van der Waals surface area contributed by atoms with E-state index in [0.29, 0.717) is 11.3 Å². The molecule has 0 saturated heterocycles. The average Bonchev–Trinajstić information content (AvgIpc) is 2.66. The monoisotopic (exact) mass is 373 g/mol. The van der Waals surface area contributed by atoms with E-state index in [1.54, 1.807) is 19.9 Å². The van der Waals surface area contributed by atoms with Gasteiger partial charge in [-0.05, 0) is 56.7 Å². The van der Waals surface area contributed by atoms with E-state index in [4.69, 9.17) is 11.6 Å². The third kappa shape index (κ3) is 4.41. The van der Waals surface area contributed by atoms with Gasteiger partial charge in [0.05, 0.1) is 22.1 Å². The molecule has 1 aliphatic rings. The number of benzene rings is 1. The second-order valence-corrected chi connectivity index (χ2v) is 6.29. The van der Waals surface area contributed by atoms with Crippen LogP contribution in [-0.2, 0) is 9.59 Å². The Bertz CT molecular complexity index is 788. The molecule has 1 aromatic rings. The van der Waals surface area contributed by atoms with Crippen molar-refractivity contribution < 1.29 is 9.59 Å². The summed E-state index contributed by atoms with van der Waals surface area (Å²) in [5, 5.41) is 2.67. The van der Waals surface area contributed by atoms with E-state index in [9.17, 15) is 9.59 Å². The Morgan fingerprint density at radius 3 is 2.31 bits per heavy atom. The molecule has 5 nitrogen and oxygen atoms in total. The fourth-order valence-electron chi connectivity index (χ4n) is 2.62. The van der Waals surface area contributed by atoms with E-state index in [-0.39, 0.29) is 28.8 Å². The number of Topliss-reactive ketones (excluding diaryl/α,β-unsaturated/α-hetero) is 1. The summed E-state index contributed by atoms with van der Waals surface area (Å²) in [4.78, 5) is 30.7. The predicted molar refractivity (Wildman–Crippen MR) is 107 cm³/mol. The van der Waals surface area contributed by atoms with Crippen LogP contribution in [0.5, 0.6) is 0 Å². The number of hydrogen-bond acceptors (Lipinski definition) is 4. The Kier molecular flexibility index (Phi) is 6.75. The maximum Gasteiger partial charge on any atom is 0.224 e. The Balaban J connectivity index is 2.35. The van der Waals surface area contributed by atoms with Gasteiger partial charge in [-0.15, -0.1) is 0 Å². The van der Waals surface area contributed by atoms with E-state index in [1.165, 1.54) is 0 Å². The summed E-state index contributed by atoms with van der Waals surface area (Å²) in [5.41, 5.74) is 3.21. The molecule has 0 saturated carbocycles. The molecule has 1 amide bonds. The molecule has 0 heterocycles. The number of hydrogen-bond donors (Lipinski definition) is 1. The lowest BCUT2D eigenvalue weighted by Crippen LogP contribution is -2.30. The van der Waals surface area contributed by atoms with E-state index < -0.39 is 0 Å². The average molecular weight is 374 g/mol. The number of halogens is 1. The number of nitrogens with zero attached hydrogens (tertiary/aromatic N) is 2. The maximum absolute atomic E-state index is 12.2. The van der Waals surface area contributed by atoms with Crippen LogP contribution in [0, 0.1) is 0 Å². The molecule has 0 atom stereocenters. The molecule has 0 radical (unpaired) electrons. The van der Waals surface area contributed by atoms with Crippen LogP contribution in [0.4, 0.5) is 11.4 Å². The summed E-state index contributed by atoms with van der Waals surface area (Å²) in [6.45, 7) is 9.57. The predicted octanol–water partition coefficient (Wildman–Crippen LogP) is 4.11. The molecular weight excluding hydrogens is 350 g/mol. The van der Waals surface area contributed by atoms with Crippen molar-refractivity contribution in [2.75, 3.05) is 18.0 Å². The van der Waals surface area contributed by atoms with Crippen molar-refractivity contribution in [2.24, 2.45) is 4.99 Å². The quantitative estimate of drug-likeness (QED) is 0.763. The minimum Gasteiger partial charge on any atom is -0.372 e. The Morgan fingerprint density at radius 1 is 1.15 bits per heavy atom. The molecule has 1 aromatic carbocycles. The Morgan fingerprint density at radius 2 is 1.77 bits per heavy atom. The van der Waals surface area contributed by atoms with Crippen molar-refractivity contribution in [3.63, 3.8) is 0 Å². The Labute approximate surface area is 159 Å². The van der Waals surface area contributed by atoms with Gasteiger partial charge in [-0.3, -0.25) is 9.59 Å². The summed E-state index contributed by atoms with van der Waals surface area (Å²) in [7, 11) is 0. The number of rotatable bonds is 6. The molecule has 26 heavy (non-hydrogen) atoms. The second kappa shape index (κ2) is 8.81. The third-order valence-electron chi connectivity index (χ3n) is 4.26. The summed E-state index contributed by atoms with van der Waals surface area (Å²) in [6, 6.07) is 7.89. The first kappa shape index (κ1) is 19.9. The van der Waals surface area contributed by atoms with Gasteiger partial charge in [-0.25, -0.2) is 4.99 Å². The molecule has 0 fully saturated rings. The molecule has 0 bridgehead atoms. The van der Waals surface area contributed by atoms with Gasteiger partial charge in [-0.2, -0.15) is 0 Å². The van der Waals surface area contributed by atoms with Crippen LogP contribution in [-0.4, -0.2) is 30.5 Å². The van der Waals surface area contributed by atoms with E-state index >= 15 is 0 Å². The van der Waals surface area contributed by atoms with Gasteiger partial charge < -0.3 is 10.2 Å². The standard InChI is InChI=1S/C20H24ClN3O2/c1-5-18(25)23-17-12-16(13(4)19(21)20(17)26)22-14-8-10-15(11-9-14)24(6-2)7-3/h8-12H,5-7H2,1-4H3,(H,23,25). The van der Waals surface area contributed by atoms with E-state index in [0.717, 1.165) is 24.5 Å². The molecule has 2 rings (SSSR count). The van der Waals surface area contributed by atoms with Crippen LogP contribution >= 0.6 is 11.6 Å². The van der Waals surface area contributed by atoms with Gasteiger partial charge in [0.1, 0.15) is 0 Å². The molecule has 1 aliphatic carbocycles. The van der Waals surface area contributed by atoms with Crippen molar-refractivity contribution in [3.05, 3.63) is 46.6 Å². The molecule has 0 aliphatic heterocycles. The van der Waals surface area contributed by atoms with Gasteiger partial charge in [0, 0.05) is 25.2 Å². The fraction of sp³-hybridized carbons (Fsp3) is 0.350. The molecule has 138 valence electrons. The number of allylic oxidation sites excluding steroid dienone is 3. The number of amides is 1. The van der Waals surface area contributed by atoms with Gasteiger partial charge >= 0.3 is 0 Å². The highest BCUT2D eigenvalue weighted by atomic mass is 35.5. The van der Waals surface area contributed by atoms with Crippen molar-refractivity contribution in [3.8, 4) is 0 Å². The van der Waals surface area contributed by atoms with Crippen LogP contribution in [0.15, 0.2) is 51.6 Å². The van der Waals surface area contributed by atoms with Gasteiger partial charge in [0.2, 0.25) is 11.7 Å². The lowest BCUT2D eigenvalue weighted by atomic mass is 10.0. The minimum absolute atomic E-state index is 0.0809. The highest BCUT2D eigenvalue weighted by Crippen LogP contribution is 2.25. The highest BCUT2D eigenvalue weighted by Gasteiger charge is 2.24. The lowest BCUT2D eigenvalue weighted by Gasteiger charge is -2.21. The van der Waals surface area contributed by atoms with E-state index in [1.807, 2.05) is 24.3 Å². The summed E-state index contributed by atoms with van der Waals surface area (Å²) in [6.07, 6.45) is 1.86. The number of nitrogens with one attached hydrogen (secondary N) is 1. The molecule has 0 unspecified atom stereocenters. The molecule has 0 aromatic heterocycles. The van der Waals surface area contributed by atoms with Crippen LogP contribution in [0.2, 0.25) is 0 Å². The zero-order chi connectivity index (χ0) is 19.3. The van der Waals surface area contributed by atoms with Crippen molar-refractivity contribution in [2.45, 2.75) is 34.1 Å². The first-order valence-electron chi connectivity index (χ1n) is 8.77. The zero-order valence-electron chi connectivity index (χ0n) is 15.6. The van der Waals surface area contributed by atoms with Crippen LogP contribution in [0.1, 0.15) is 34.1 Å². The lowest BCUT2D eigenvalue weighted by molar-refractivity contribution is -0.121. The smallest absolute Gasteiger partial charge is 0.224 e. The normalized spacial score (nSPS) is 16.0. The van der Waals surface area contributed by atoms with Crippen molar-refractivity contribution in [1.29, 1.82) is 0 Å². The largest absolute Gasteiger partial charge is 0.372 e. The van der Waals surface area contributed by atoms with Crippen molar-refractivity contribution in [1.82, 2.24) is 5.32 Å². The van der Waals surface area contributed by atoms with Gasteiger partial charge in [-0.1, -0.05) is 18.5 Å². The minimum atomic E-state index is -0.387. The molecular formula is C20H24ClN3O2. The van der Waals surface area contributed by atoms with Gasteiger partial charge in [0.25, 0.3) is 0 Å². The van der Waals surface area contributed by atoms with Crippen LogP contribution in [0.3, 0.4) is 0 Å². The maximum atomic E-state index is 12.2. The summed E-state index contributed by atoms with van der Waals surface area (Å²) < 4.78 is 0. The highest BCUT2D eigenvalue weighted by molar-refractivity contribution is 6.49. The molecule has 6 heteroatoms. The van der Waals surface area contributed by atoms with Crippen LogP contribution in [0.25, 0.3) is 0 Å². The number of carbonyl (C=O) groups excluding carboxylic acids is 2. The molecule has 0 spiro atoms. The number of carbonyl (C=O) groups is 2. The summed E-state index contributed by atoms with van der Waals surface area (Å²) in [5.74, 6) is -0.627. The zero-order valence-corrected chi connectivity index (χ0v) is 16.4. The molecule has 1 N–H and O–H groups in total. The Hall–Kier alpha value is -2.40. The first-order chi connectivity index (χ1) is 12.4. The number of anilines is 1. The number of ketones is 1. The van der Waals surface area contributed by atoms with Crippen molar-refractivity contribution >= 4 is 40.4 Å². The first-order valence-corrected chi connectivity index (χ1v) is 9.15. The van der Waals surface area contributed by atoms with E-state index in [2.05, 4.69) is 29.1 Å². The summed E-state index contributed by atoms with van der Waals surface area (Å²) >= 11 is 6.15. The topological polar surface area (TPSA) is 61.8 Å². The fourth-order valence-corrected chi connectivity index (χ4v) is 2.82. The van der Waals surface area contributed by atoms with Gasteiger partial charge in [0.15, 0.2) is 0 Å². The third-order valence-corrected chi connectivity index (χ3v) is 4.72. The second-order valence-electron chi connectivity index (χ2n) is 5.91. The SMILES string of the molecule is CCC(=O)NC1=CC(=Nc2ccc(N(CC)CC)cc2)C(C)=C(Cl)C1=O.